The SMILES string of the molecule is CC(N)(CCO)c1ccccn1. The van der Waals surface area contributed by atoms with Crippen LogP contribution in [0.15, 0.2) is 24.4 Å². The zero-order valence-corrected chi connectivity index (χ0v) is 7.20. The van der Waals surface area contributed by atoms with Crippen molar-refractivity contribution < 1.29 is 5.11 Å². The van der Waals surface area contributed by atoms with Gasteiger partial charge in [-0.05, 0) is 25.5 Å². The van der Waals surface area contributed by atoms with Crippen LogP contribution >= 0.6 is 0 Å². The molecule has 0 amide bonds. The lowest BCUT2D eigenvalue weighted by molar-refractivity contribution is 0.245. The average molecular weight is 166 g/mol. The van der Waals surface area contributed by atoms with Crippen LogP contribution in [0.1, 0.15) is 19.0 Å². The third-order valence-corrected chi connectivity index (χ3v) is 1.88. The predicted molar refractivity (Wildman–Crippen MR) is 47.5 cm³/mol. The Labute approximate surface area is 72.2 Å². The zero-order valence-electron chi connectivity index (χ0n) is 7.20. The van der Waals surface area contributed by atoms with Crippen molar-refractivity contribution in [1.82, 2.24) is 4.98 Å². The number of pyridine rings is 1. The van der Waals surface area contributed by atoms with Crippen molar-refractivity contribution in [2.75, 3.05) is 6.61 Å². The van der Waals surface area contributed by atoms with E-state index in [1.165, 1.54) is 0 Å². The molecule has 0 aliphatic rings. The normalized spacial score (nSPS) is 15.6. The molecule has 66 valence electrons. The fourth-order valence-corrected chi connectivity index (χ4v) is 1.06. The molecule has 1 aromatic heterocycles. The molecule has 0 saturated heterocycles. The summed E-state index contributed by atoms with van der Waals surface area (Å²) < 4.78 is 0. The monoisotopic (exact) mass is 166 g/mol. The summed E-state index contributed by atoms with van der Waals surface area (Å²) in [6, 6.07) is 5.61. The van der Waals surface area contributed by atoms with E-state index in [9.17, 15) is 0 Å². The predicted octanol–water partition coefficient (Wildman–Crippen LogP) is 0.638. The molecule has 0 fully saturated rings. The molecule has 1 heterocycles. The maximum atomic E-state index is 8.76. The molecule has 0 bridgehead atoms. The van der Waals surface area contributed by atoms with Crippen LogP contribution in [-0.2, 0) is 5.54 Å². The largest absolute Gasteiger partial charge is 0.396 e. The van der Waals surface area contributed by atoms with Crippen molar-refractivity contribution in [1.29, 1.82) is 0 Å². The van der Waals surface area contributed by atoms with Crippen LogP contribution in [0.3, 0.4) is 0 Å². The summed E-state index contributed by atoms with van der Waals surface area (Å²) in [6.07, 6.45) is 2.24. The minimum atomic E-state index is -0.518. The van der Waals surface area contributed by atoms with E-state index in [1.54, 1.807) is 6.20 Å². The minimum Gasteiger partial charge on any atom is -0.396 e. The van der Waals surface area contributed by atoms with E-state index < -0.39 is 5.54 Å². The quantitative estimate of drug-likeness (QED) is 0.692. The van der Waals surface area contributed by atoms with Crippen LogP contribution in [0, 0.1) is 0 Å². The second kappa shape index (κ2) is 3.65. The van der Waals surface area contributed by atoms with E-state index in [0.29, 0.717) is 6.42 Å². The first-order valence-corrected chi connectivity index (χ1v) is 3.98. The lowest BCUT2D eigenvalue weighted by Gasteiger charge is -2.22. The average Bonchev–Trinajstić information content (AvgIpc) is 2.06. The third kappa shape index (κ3) is 2.03. The topological polar surface area (TPSA) is 59.1 Å². The molecule has 12 heavy (non-hydrogen) atoms. The molecule has 0 aliphatic heterocycles. The number of hydrogen-bond donors (Lipinski definition) is 2. The molecule has 3 heteroatoms. The second-order valence-corrected chi connectivity index (χ2v) is 3.11. The van der Waals surface area contributed by atoms with Crippen molar-refractivity contribution in [2.45, 2.75) is 18.9 Å². The van der Waals surface area contributed by atoms with Gasteiger partial charge in [-0.25, -0.2) is 0 Å². The highest BCUT2D eigenvalue weighted by Gasteiger charge is 2.20. The highest BCUT2D eigenvalue weighted by atomic mass is 16.3. The van der Waals surface area contributed by atoms with E-state index in [0.717, 1.165) is 5.69 Å². The highest BCUT2D eigenvalue weighted by Crippen LogP contribution is 2.17. The first kappa shape index (κ1) is 9.16. The Balaban J connectivity index is 2.82. The Morgan fingerprint density at radius 3 is 2.83 bits per heavy atom. The van der Waals surface area contributed by atoms with Crippen LogP contribution in [0.25, 0.3) is 0 Å². The van der Waals surface area contributed by atoms with E-state index in [4.69, 9.17) is 10.8 Å². The van der Waals surface area contributed by atoms with E-state index in [2.05, 4.69) is 4.98 Å². The maximum absolute atomic E-state index is 8.76. The van der Waals surface area contributed by atoms with Crippen LogP contribution in [0.4, 0.5) is 0 Å². The molecule has 0 spiro atoms. The molecule has 0 radical (unpaired) electrons. The van der Waals surface area contributed by atoms with Crippen molar-refractivity contribution in [3.63, 3.8) is 0 Å². The van der Waals surface area contributed by atoms with Gasteiger partial charge < -0.3 is 10.8 Å². The van der Waals surface area contributed by atoms with Gasteiger partial charge in [-0.15, -0.1) is 0 Å². The molecule has 1 rings (SSSR count). The fraction of sp³-hybridized carbons (Fsp3) is 0.444. The van der Waals surface area contributed by atoms with Gasteiger partial charge in [-0.1, -0.05) is 6.07 Å². The van der Waals surface area contributed by atoms with Gasteiger partial charge >= 0.3 is 0 Å². The zero-order chi connectivity index (χ0) is 9.03. The number of nitrogens with two attached hydrogens (primary N) is 1. The first-order valence-electron chi connectivity index (χ1n) is 3.98. The molecular weight excluding hydrogens is 152 g/mol. The molecular formula is C9H14N2O. The van der Waals surface area contributed by atoms with Crippen LogP contribution < -0.4 is 5.73 Å². The van der Waals surface area contributed by atoms with Crippen molar-refractivity contribution in [2.24, 2.45) is 5.73 Å². The van der Waals surface area contributed by atoms with Gasteiger partial charge in [0.1, 0.15) is 0 Å². The fourth-order valence-electron chi connectivity index (χ4n) is 1.06. The third-order valence-electron chi connectivity index (χ3n) is 1.88. The Hall–Kier alpha value is -0.930. The molecule has 0 aliphatic carbocycles. The molecule has 0 saturated carbocycles. The summed E-state index contributed by atoms with van der Waals surface area (Å²) in [6.45, 7) is 1.95. The molecule has 3 N–H and O–H groups in total. The summed E-state index contributed by atoms with van der Waals surface area (Å²) >= 11 is 0. The summed E-state index contributed by atoms with van der Waals surface area (Å²) in [7, 11) is 0. The number of hydrogen-bond acceptors (Lipinski definition) is 3. The Morgan fingerprint density at radius 1 is 1.58 bits per heavy atom. The molecule has 1 atom stereocenters. The number of nitrogens with zero attached hydrogens (tertiary/aromatic N) is 1. The van der Waals surface area contributed by atoms with Crippen LogP contribution in [0.2, 0.25) is 0 Å². The van der Waals surface area contributed by atoms with Gasteiger partial charge in [0.2, 0.25) is 0 Å². The summed E-state index contributed by atoms with van der Waals surface area (Å²) in [4.78, 5) is 4.13. The second-order valence-electron chi connectivity index (χ2n) is 3.11. The summed E-state index contributed by atoms with van der Waals surface area (Å²) in [5.41, 5.74) is 6.23. The standard InChI is InChI=1S/C9H14N2O/c1-9(10,5-7-12)8-4-2-3-6-11-8/h2-4,6,12H,5,7,10H2,1H3. The number of rotatable bonds is 3. The van der Waals surface area contributed by atoms with Crippen LogP contribution in [-0.4, -0.2) is 16.7 Å². The van der Waals surface area contributed by atoms with Gasteiger partial charge in [0.15, 0.2) is 0 Å². The van der Waals surface area contributed by atoms with Crippen molar-refractivity contribution >= 4 is 0 Å². The molecule has 3 nitrogen and oxygen atoms in total. The van der Waals surface area contributed by atoms with Gasteiger partial charge in [-0.2, -0.15) is 0 Å². The smallest absolute Gasteiger partial charge is 0.0600 e. The van der Waals surface area contributed by atoms with E-state index in [1.807, 2.05) is 25.1 Å². The van der Waals surface area contributed by atoms with Crippen LogP contribution in [0.5, 0.6) is 0 Å². The molecule has 1 aromatic rings. The minimum absolute atomic E-state index is 0.0869. The maximum Gasteiger partial charge on any atom is 0.0600 e. The Morgan fingerprint density at radius 2 is 2.33 bits per heavy atom. The Bertz CT molecular complexity index is 234. The summed E-state index contributed by atoms with van der Waals surface area (Å²) in [5, 5.41) is 8.76. The molecule has 0 aromatic carbocycles. The number of aliphatic hydroxyl groups is 1. The Kier molecular flexibility index (Phi) is 2.78. The lowest BCUT2D eigenvalue weighted by atomic mass is 9.95. The number of aromatic nitrogens is 1. The van der Waals surface area contributed by atoms with Crippen molar-refractivity contribution in [3.05, 3.63) is 30.1 Å². The van der Waals surface area contributed by atoms with Gasteiger partial charge in [0.05, 0.1) is 11.2 Å². The van der Waals surface area contributed by atoms with Gasteiger partial charge in [0.25, 0.3) is 0 Å². The van der Waals surface area contributed by atoms with Gasteiger partial charge in [0, 0.05) is 12.8 Å². The highest BCUT2D eigenvalue weighted by molar-refractivity contribution is 5.13. The van der Waals surface area contributed by atoms with E-state index >= 15 is 0 Å². The van der Waals surface area contributed by atoms with E-state index in [-0.39, 0.29) is 6.61 Å². The van der Waals surface area contributed by atoms with Crippen molar-refractivity contribution in [3.8, 4) is 0 Å². The van der Waals surface area contributed by atoms with Gasteiger partial charge in [-0.3, -0.25) is 4.98 Å². The first-order chi connectivity index (χ1) is 5.67. The summed E-state index contributed by atoms with van der Waals surface area (Å²) in [5.74, 6) is 0. The molecule has 1 unspecified atom stereocenters. The number of aliphatic hydroxyl groups excluding tert-OH is 1. The lowest BCUT2D eigenvalue weighted by Crippen LogP contribution is -2.34.